The minimum Gasteiger partial charge on any atom is -0.327 e. The van der Waals surface area contributed by atoms with Gasteiger partial charge in [0.1, 0.15) is 0 Å². The van der Waals surface area contributed by atoms with Gasteiger partial charge in [-0.1, -0.05) is 6.92 Å². The smallest absolute Gasteiger partial charge is 0.0270 e. The lowest BCUT2D eigenvalue weighted by molar-refractivity contribution is 0.383. The molecule has 1 aromatic rings. The maximum Gasteiger partial charge on any atom is 0.0270 e. The van der Waals surface area contributed by atoms with E-state index in [0.717, 1.165) is 29.6 Å². The second-order valence-corrected chi connectivity index (χ2v) is 6.71. The number of rotatable bonds is 3. The molecule has 0 amide bonds. The van der Waals surface area contributed by atoms with Crippen LogP contribution >= 0.6 is 0 Å². The van der Waals surface area contributed by atoms with Crippen molar-refractivity contribution in [1.82, 2.24) is 4.98 Å². The van der Waals surface area contributed by atoms with Gasteiger partial charge in [0.25, 0.3) is 0 Å². The molecule has 0 aliphatic heterocycles. The molecule has 3 aliphatic rings. The first-order chi connectivity index (χ1) is 8.77. The van der Waals surface area contributed by atoms with E-state index >= 15 is 0 Å². The van der Waals surface area contributed by atoms with Crippen LogP contribution in [0.5, 0.6) is 0 Å². The van der Waals surface area contributed by atoms with Crippen LogP contribution in [0.15, 0.2) is 24.5 Å². The molecule has 0 saturated heterocycles. The molecule has 2 N–H and O–H groups in total. The van der Waals surface area contributed by atoms with Crippen LogP contribution in [-0.4, -0.2) is 11.0 Å². The largest absolute Gasteiger partial charge is 0.327 e. The molecule has 2 bridgehead atoms. The summed E-state index contributed by atoms with van der Waals surface area (Å²) in [4.78, 5) is 4.10. The summed E-state index contributed by atoms with van der Waals surface area (Å²) in [6.45, 7) is 2.29. The zero-order chi connectivity index (χ0) is 12.3. The Labute approximate surface area is 109 Å². The zero-order valence-corrected chi connectivity index (χ0v) is 11.0. The molecule has 0 radical (unpaired) electrons. The predicted octanol–water partition coefficient (Wildman–Crippen LogP) is 2.80. The Hall–Kier alpha value is -0.890. The van der Waals surface area contributed by atoms with Crippen LogP contribution in [0.25, 0.3) is 0 Å². The van der Waals surface area contributed by atoms with Gasteiger partial charge in [0, 0.05) is 18.4 Å². The second-order valence-electron chi connectivity index (χ2n) is 6.71. The molecule has 96 valence electrons. The van der Waals surface area contributed by atoms with Gasteiger partial charge in [0.2, 0.25) is 0 Å². The van der Waals surface area contributed by atoms with Crippen LogP contribution < -0.4 is 5.73 Å². The van der Waals surface area contributed by atoms with Crippen LogP contribution in [0.3, 0.4) is 0 Å². The number of pyridine rings is 1. The van der Waals surface area contributed by atoms with Crippen molar-refractivity contribution in [2.45, 2.75) is 38.1 Å². The molecule has 1 aromatic heterocycles. The standard InChI is InChI=1S/C16H22N2/c1-9(10-4-6-18-7-5-10)16(17)15-13-11-2-3-12(8-11)14(13)15/h4-7,9,11-16H,2-3,8,17H2,1H3. The van der Waals surface area contributed by atoms with Gasteiger partial charge in [-0.2, -0.15) is 0 Å². The summed E-state index contributed by atoms with van der Waals surface area (Å²) in [7, 11) is 0. The zero-order valence-electron chi connectivity index (χ0n) is 11.0. The highest BCUT2D eigenvalue weighted by Crippen LogP contribution is 2.70. The molecule has 18 heavy (non-hydrogen) atoms. The molecule has 1 heterocycles. The molecule has 0 aromatic carbocycles. The van der Waals surface area contributed by atoms with E-state index in [-0.39, 0.29) is 0 Å². The van der Waals surface area contributed by atoms with E-state index in [1.807, 2.05) is 12.4 Å². The van der Waals surface area contributed by atoms with Crippen LogP contribution in [-0.2, 0) is 0 Å². The summed E-state index contributed by atoms with van der Waals surface area (Å²) in [5.41, 5.74) is 7.93. The van der Waals surface area contributed by atoms with Crippen molar-refractivity contribution in [3.05, 3.63) is 30.1 Å². The van der Waals surface area contributed by atoms with Crippen molar-refractivity contribution in [3.8, 4) is 0 Å². The van der Waals surface area contributed by atoms with Crippen molar-refractivity contribution in [2.75, 3.05) is 0 Å². The highest BCUT2D eigenvalue weighted by atomic mass is 14.8. The maximum absolute atomic E-state index is 6.58. The van der Waals surface area contributed by atoms with Gasteiger partial charge in [-0.25, -0.2) is 0 Å². The number of aromatic nitrogens is 1. The molecule has 4 rings (SSSR count). The summed E-state index contributed by atoms with van der Waals surface area (Å²) in [6, 6.07) is 4.60. The number of hydrogen-bond acceptors (Lipinski definition) is 2. The van der Waals surface area contributed by atoms with Crippen LogP contribution in [0.1, 0.15) is 37.7 Å². The first kappa shape index (κ1) is 11.0. The molecule has 3 saturated carbocycles. The number of fused-ring (bicyclic) bond motifs is 5. The summed E-state index contributed by atoms with van der Waals surface area (Å²) >= 11 is 0. The monoisotopic (exact) mass is 242 g/mol. The van der Waals surface area contributed by atoms with Crippen molar-refractivity contribution < 1.29 is 0 Å². The SMILES string of the molecule is CC(c1ccncc1)C(N)C1C2C3CCC(C3)C21. The lowest BCUT2D eigenvalue weighted by Gasteiger charge is -2.23. The second kappa shape index (κ2) is 3.80. The molecule has 2 heteroatoms. The normalized spacial score (nSPS) is 43.6. The fourth-order valence-corrected chi connectivity index (χ4v) is 5.13. The Bertz CT molecular complexity index is 428. The average molecular weight is 242 g/mol. The highest BCUT2D eigenvalue weighted by Gasteiger charge is 2.66. The Morgan fingerprint density at radius 2 is 1.78 bits per heavy atom. The molecular weight excluding hydrogens is 220 g/mol. The first-order valence-electron chi connectivity index (χ1n) is 7.43. The lowest BCUT2D eigenvalue weighted by atomic mass is 9.87. The number of hydrogen-bond donors (Lipinski definition) is 1. The predicted molar refractivity (Wildman–Crippen MR) is 71.9 cm³/mol. The summed E-state index contributed by atoms with van der Waals surface area (Å²) in [5, 5.41) is 0. The van der Waals surface area contributed by atoms with Crippen LogP contribution in [0.2, 0.25) is 0 Å². The van der Waals surface area contributed by atoms with E-state index in [1.54, 1.807) is 0 Å². The summed E-state index contributed by atoms with van der Waals surface area (Å²) < 4.78 is 0. The van der Waals surface area contributed by atoms with Gasteiger partial charge in [-0.3, -0.25) is 4.98 Å². The minimum atomic E-state index is 0.353. The molecule has 6 atom stereocenters. The Balaban J connectivity index is 1.50. The van der Waals surface area contributed by atoms with Gasteiger partial charge in [-0.15, -0.1) is 0 Å². The number of nitrogens with two attached hydrogens (primary N) is 1. The summed E-state index contributed by atoms with van der Waals surface area (Å²) in [5.74, 6) is 5.33. The third kappa shape index (κ3) is 1.41. The third-order valence-electron chi connectivity index (χ3n) is 6.05. The third-order valence-corrected chi connectivity index (χ3v) is 6.05. The van der Waals surface area contributed by atoms with E-state index in [0.29, 0.717) is 12.0 Å². The maximum atomic E-state index is 6.58. The van der Waals surface area contributed by atoms with Gasteiger partial charge >= 0.3 is 0 Å². The van der Waals surface area contributed by atoms with Crippen molar-refractivity contribution in [2.24, 2.45) is 35.3 Å². The quantitative estimate of drug-likeness (QED) is 0.885. The lowest BCUT2D eigenvalue weighted by Crippen LogP contribution is -2.31. The highest BCUT2D eigenvalue weighted by molar-refractivity contribution is 5.22. The molecule has 3 fully saturated rings. The Morgan fingerprint density at radius 1 is 1.17 bits per heavy atom. The molecular formula is C16H22N2. The average Bonchev–Trinajstić information content (AvgIpc) is 2.85. The molecule has 6 unspecified atom stereocenters. The van der Waals surface area contributed by atoms with E-state index in [9.17, 15) is 0 Å². The van der Waals surface area contributed by atoms with Gasteiger partial charge in [0.05, 0.1) is 0 Å². The fourth-order valence-electron chi connectivity index (χ4n) is 5.13. The fraction of sp³-hybridized carbons (Fsp3) is 0.688. The van der Waals surface area contributed by atoms with Crippen molar-refractivity contribution >= 4 is 0 Å². The minimum absolute atomic E-state index is 0.353. The number of nitrogens with zero attached hydrogens (tertiary/aromatic N) is 1. The van der Waals surface area contributed by atoms with Gasteiger partial charge in [-0.05, 0) is 72.5 Å². The van der Waals surface area contributed by atoms with Crippen LogP contribution in [0, 0.1) is 29.6 Å². The molecule has 0 spiro atoms. The molecule has 3 aliphatic carbocycles. The van der Waals surface area contributed by atoms with Crippen molar-refractivity contribution in [3.63, 3.8) is 0 Å². The van der Waals surface area contributed by atoms with Crippen LogP contribution in [0.4, 0.5) is 0 Å². The van der Waals surface area contributed by atoms with E-state index in [4.69, 9.17) is 5.73 Å². The summed E-state index contributed by atoms with van der Waals surface area (Å²) in [6.07, 6.45) is 8.26. The first-order valence-corrected chi connectivity index (χ1v) is 7.43. The van der Waals surface area contributed by atoms with Crippen molar-refractivity contribution in [1.29, 1.82) is 0 Å². The van der Waals surface area contributed by atoms with Gasteiger partial charge < -0.3 is 5.73 Å². The Kier molecular flexibility index (Phi) is 2.32. The van der Waals surface area contributed by atoms with E-state index < -0.39 is 0 Å². The Morgan fingerprint density at radius 3 is 2.39 bits per heavy atom. The molecule has 2 nitrogen and oxygen atoms in total. The topological polar surface area (TPSA) is 38.9 Å². The van der Waals surface area contributed by atoms with Gasteiger partial charge in [0.15, 0.2) is 0 Å². The van der Waals surface area contributed by atoms with E-state index in [2.05, 4.69) is 24.0 Å². The van der Waals surface area contributed by atoms with E-state index in [1.165, 1.54) is 24.8 Å².